The number of aryl methyl sites for hydroxylation is 1. The molecule has 7 heteroatoms. The zero-order valence-electron chi connectivity index (χ0n) is 14.6. The van der Waals surface area contributed by atoms with Crippen LogP contribution in [0.4, 0.5) is 5.69 Å². The normalized spacial score (nSPS) is 10.5. The maximum absolute atomic E-state index is 12.6. The van der Waals surface area contributed by atoms with Crippen LogP contribution in [0.5, 0.6) is 11.5 Å². The van der Waals surface area contributed by atoms with Crippen LogP contribution in [0.2, 0.25) is 5.02 Å². The molecule has 1 N–H and O–H groups in total. The number of carbonyl (C=O) groups is 1. The Hall–Kier alpha value is -2.99. The van der Waals surface area contributed by atoms with E-state index in [1.807, 2.05) is 25.1 Å². The highest BCUT2D eigenvalue weighted by molar-refractivity contribution is 6.32. The summed E-state index contributed by atoms with van der Waals surface area (Å²) in [6.07, 6.45) is 1.73. The summed E-state index contributed by atoms with van der Waals surface area (Å²) in [6, 6.07) is 12.3. The van der Waals surface area contributed by atoms with E-state index in [2.05, 4.69) is 10.4 Å². The fourth-order valence-electron chi connectivity index (χ4n) is 2.55. The molecular formula is C19H18ClN3O3. The van der Waals surface area contributed by atoms with E-state index in [-0.39, 0.29) is 5.91 Å². The highest BCUT2D eigenvalue weighted by atomic mass is 35.5. The van der Waals surface area contributed by atoms with E-state index in [4.69, 9.17) is 21.1 Å². The van der Waals surface area contributed by atoms with Gasteiger partial charge in [-0.25, -0.2) is 4.68 Å². The van der Waals surface area contributed by atoms with E-state index in [1.54, 1.807) is 35.1 Å². The molecule has 1 amide bonds. The first-order valence-electron chi connectivity index (χ1n) is 7.87. The van der Waals surface area contributed by atoms with Crippen molar-refractivity contribution in [2.24, 2.45) is 0 Å². The zero-order chi connectivity index (χ0) is 18.7. The summed E-state index contributed by atoms with van der Waals surface area (Å²) in [6.45, 7) is 1.97. The van der Waals surface area contributed by atoms with Crippen LogP contribution in [0.15, 0.2) is 48.7 Å². The van der Waals surface area contributed by atoms with Crippen LogP contribution in [-0.2, 0) is 0 Å². The van der Waals surface area contributed by atoms with Gasteiger partial charge in [-0.3, -0.25) is 4.79 Å². The van der Waals surface area contributed by atoms with Gasteiger partial charge in [0.2, 0.25) is 0 Å². The molecule has 1 aromatic heterocycles. The average Bonchev–Trinajstić information content (AvgIpc) is 3.08. The largest absolute Gasteiger partial charge is 0.495 e. The Kier molecular flexibility index (Phi) is 5.14. The molecule has 3 rings (SSSR count). The van der Waals surface area contributed by atoms with Gasteiger partial charge in [0.1, 0.15) is 11.5 Å². The highest BCUT2D eigenvalue weighted by Gasteiger charge is 2.14. The molecule has 0 atom stereocenters. The van der Waals surface area contributed by atoms with Crippen LogP contribution in [0.1, 0.15) is 16.1 Å². The van der Waals surface area contributed by atoms with E-state index in [9.17, 15) is 4.79 Å². The van der Waals surface area contributed by atoms with Crippen LogP contribution in [0.25, 0.3) is 5.69 Å². The topological polar surface area (TPSA) is 65.4 Å². The fraction of sp³-hybridized carbons (Fsp3) is 0.158. The molecule has 2 aromatic carbocycles. The number of carbonyl (C=O) groups excluding carboxylic acids is 1. The molecule has 134 valence electrons. The molecule has 0 bridgehead atoms. The van der Waals surface area contributed by atoms with E-state index in [0.29, 0.717) is 27.8 Å². The van der Waals surface area contributed by atoms with Crippen molar-refractivity contribution in [2.45, 2.75) is 6.92 Å². The highest BCUT2D eigenvalue weighted by Crippen LogP contribution is 2.36. The van der Waals surface area contributed by atoms with E-state index >= 15 is 0 Å². The minimum absolute atomic E-state index is 0.267. The number of benzene rings is 2. The van der Waals surface area contributed by atoms with Crippen molar-refractivity contribution in [2.75, 3.05) is 19.5 Å². The Balaban J connectivity index is 1.83. The van der Waals surface area contributed by atoms with Crippen molar-refractivity contribution in [1.82, 2.24) is 9.78 Å². The molecular weight excluding hydrogens is 354 g/mol. The number of nitrogens with one attached hydrogen (secondary N) is 1. The Morgan fingerprint density at radius 2 is 1.77 bits per heavy atom. The molecule has 0 saturated heterocycles. The predicted octanol–water partition coefficient (Wildman–Crippen LogP) is 4.10. The van der Waals surface area contributed by atoms with Gasteiger partial charge in [-0.1, -0.05) is 11.6 Å². The van der Waals surface area contributed by atoms with Crippen LogP contribution < -0.4 is 14.8 Å². The van der Waals surface area contributed by atoms with Crippen LogP contribution in [0.3, 0.4) is 0 Å². The lowest BCUT2D eigenvalue weighted by atomic mass is 10.2. The smallest absolute Gasteiger partial charge is 0.255 e. The molecule has 0 aliphatic rings. The summed E-state index contributed by atoms with van der Waals surface area (Å²) in [5.74, 6) is 0.636. The molecule has 1 heterocycles. The van der Waals surface area contributed by atoms with E-state index < -0.39 is 0 Å². The number of hydrogen-bond acceptors (Lipinski definition) is 4. The number of aromatic nitrogens is 2. The van der Waals surface area contributed by atoms with Crippen molar-refractivity contribution < 1.29 is 14.3 Å². The summed E-state index contributed by atoms with van der Waals surface area (Å²) < 4.78 is 12.3. The van der Waals surface area contributed by atoms with Gasteiger partial charge in [0, 0.05) is 29.6 Å². The zero-order valence-corrected chi connectivity index (χ0v) is 15.4. The lowest BCUT2D eigenvalue weighted by Gasteiger charge is -2.13. The maximum atomic E-state index is 12.6. The Morgan fingerprint density at radius 3 is 2.35 bits per heavy atom. The number of methoxy groups -OCH3 is 2. The first kappa shape index (κ1) is 17.8. The molecule has 0 spiro atoms. The molecule has 6 nitrogen and oxygen atoms in total. The van der Waals surface area contributed by atoms with Crippen molar-refractivity contribution in [1.29, 1.82) is 0 Å². The van der Waals surface area contributed by atoms with Crippen molar-refractivity contribution in [3.05, 3.63) is 64.9 Å². The quantitative estimate of drug-likeness (QED) is 0.733. The van der Waals surface area contributed by atoms with Gasteiger partial charge in [-0.2, -0.15) is 5.10 Å². The minimum atomic E-state index is -0.267. The summed E-state index contributed by atoms with van der Waals surface area (Å²) in [7, 11) is 3.02. The van der Waals surface area contributed by atoms with Crippen molar-refractivity contribution in [3.63, 3.8) is 0 Å². The standard InChI is InChI=1S/C19H18ClN3O3/c1-12-8-9-21-23(12)14-6-4-13(5-7-14)19(24)22-16-11-17(25-2)15(20)10-18(16)26-3/h4-11H,1-3H3,(H,22,24). The summed E-state index contributed by atoms with van der Waals surface area (Å²) in [5, 5.41) is 7.48. The number of anilines is 1. The molecule has 0 unspecified atom stereocenters. The summed E-state index contributed by atoms with van der Waals surface area (Å²) >= 11 is 6.09. The first-order valence-corrected chi connectivity index (χ1v) is 8.25. The second-order valence-electron chi connectivity index (χ2n) is 5.57. The summed E-state index contributed by atoms with van der Waals surface area (Å²) in [4.78, 5) is 12.6. The number of amides is 1. The number of nitrogens with zero attached hydrogens (tertiary/aromatic N) is 2. The molecule has 0 radical (unpaired) electrons. The number of ether oxygens (including phenoxy) is 2. The molecule has 3 aromatic rings. The third kappa shape index (κ3) is 3.50. The number of hydrogen-bond donors (Lipinski definition) is 1. The van der Waals surface area contributed by atoms with Crippen LogP contribution >= 0.6 is 11.6 Å². The maximum Gasteiger partial charge on any atom is 0.255 e. The Bertz CT molecular complexity index is 936. The molecule has 0 saturated carbocycles. The van der Waals surface area contributed by atoms with Crippen LogP contribution in [0, 0.1) is 6.92 Å². The van der Waals surface area contributed by atoms with Crippen LogP contribution in [-0.4, -0.2) is 29.9 Å². The lowest BCUT2D eigenvalue weighted by Crippen LogP contribution is -2.13. The second-order valence-corrected chi connectivity index (χ2v) is 5.98. The second kappa shape index (κ2) is 7.49. The lowest BCUT2D eigenvalue weighted by molar-refractivity contribution is 0.102. The van der Waals surface area contributed by atoms with Crippen molar-refractivity contribution in [3.8, 4) is 17.2 Å². The molecule has 0 aliphatic heterocycles. The predicted molar refractivity (Wildman–Crippen MR) is 101 cm³/mol. The molecule has 0 aliphatic carbocycles. The third-order valence-corrected chi connectivity index (χ3v) is 4.22. The fourth-order valence-corrected chi connectivity index (χ4v) is 2.78. The van der Waals surface area contributed by atoms with Gasteiger partial charge in [-0.05, 0) is 37.3 Å². The summed E-state index contributed by atoms with van der Waals surface area (Å²) in [5.41, 5.74) is 2.88. The van der Waals surface area contributed by atoms with Crippen molar-refractivity contribution >= 4 is 23.2 Å². The average molecular weight is 372 g/mol. The van der Waals surface area contributed by atoms with Gasteiger partial charge >= 0.3 is 0 Å². The number of rotatable bonds is 5. The van der Waals surface area contributed by atoms with E-state index in [1.165, 1.54) is 14.2 Å². The Labute approximate surface area is 156 Å². The van der Waals surface area contributed by atoms with E-state index in [0.717, 1.165) is 11.4 Å². The van der Waals surface area contributed by atoms with Gasteiger partial charge < -0.3 is 14.8 Å². The Morgan fingerprint density at radius 1 is 1.08 bits per heavy atom. The first-order chi connectivity index (χ1) is 12.5. The third-order valence-electron chi connectivity index (χ3n) is 3.93. The SMILES string of the molecule is COc1cc(NC(=O)c2ccc(-n3nccc3C)cc2)c(OC)cc1Cl. The van der Waals surface area contributed by atoms with Gasteiger partial charge in [-0.15, -0.1) is 0 Å². The molecule has 0 fully saturated rings. The van der Waals surface area contributed by atoms with Gasteiger partial charge in [0.25, 0.3) is 5.91 Å². The molecule has 26 heavy (non-hydrogen) atoms. The number of halogens is 1. The van der Waals surface area contributed by atoms with Gasteiger partial charge in [0.05, 0.1) is 30.6 Å². The monoisotopic (exact) mass is 371 g/mol. The van der Waals surface area contributed by atoms with Gasteiger partial charge in [0.15, 0.2) is 0 Å². The minimum Gasteiger partial charge on any atom is -0.495 e.